The predicted molar refractivity (Wildman–Crippen MR) is 165 cm³/mol. The van der Waals surface area contributed by atoms with E-state index in [-0.39, 0.29) is 30.0 Å². The van der Waals surface area contributed by atoms with E-state index < -0.39 is 27.8 Å². The average molecular weight is 609 g/mol. The number of ether oxygens (including phenoxy) is 1. The van der Waals surface area contributed by atoms with Crippen molar-refractivity contribution < 1.29 is 27.5 Å². The maximum atomic E-state index is 13.5. The molecule has 2 heterocycles. The molecule has 11 heteroatoms. The van der Waals surface area contributed by atoms with E-state index in [0.29, 0.717) is 25.9 Å². The second-order valence-corrected chi connectivity index (χ2v) is 14.0. The Kier molecular flexibility index (Phi) is 13.8. The summed E-state index contributed by atoms with van der Waals surface area (Å²) < 4.78 is 31.1. The molecule has 4 rings (SSSR count). The summed E-state index contributed by atoms with van der Waals surface area (Å²) in [5.41, 5.74) is 0.490. The van der Waals surface area contributed by atoms with E-state index in [1.807, 2.05) is 56.0 Å². The second-order valence-electron chi connectivity index (χ2n) is 12.1. The van der Waals surface area contributed by atoms with Gasteiger partial charge in [-0.1, -0.05) is 63.4 Å². The van der Waals surface area contributed by atoms with Crippen molar-refractivity contribution in [3.63, 3.8) is 0 Å². The molecule has 4 atom stereocenters. The van der Waals surface area contributed by atoms with Crippen LogP contribution in [0.3, 0.4) is 0 Å². The van der Waals surface area contributed by atoms with Crippen molar-refractivity contribution in [2.75, 3.05) is 19.3 Å². The van der Waals surface area contributed by atoms with Crippen LogP contribution < -0.4 is 10.6 Å². The Morgan fingerprint density at radius 3 is 2.12 bits per heavy atom. The molecule has 238 valence electrons. The Labute approximate surface area is 253 Å². The maximum Gasteiger partial charge on any atom is 0.408 e. The van der Waals surface area contributed by atoms with Crippen molar-refractivity contribution in [3.8, 4) is 0 Å². The molecule has 1 aliphatic carbocycles. The van der Waals surface area contributed by atoms with Crippen molar-refractivity contribution in [1.82, 2.24) is 19.8 Å². The maximum absolute atomic E-state index is 13.5. The van der Waals surface area contributed by atoms with Crippen molar-refractivity contribution in [2.45, 2.75) is 116 Å². The molecule has 0 spiro atoms. The van der Waals surface area contributed by atoms with Gasteiger partial charge in [-0.2, -0.15) is 4.31 Å². The third kappa shape index (κ3) is 10.3. The van der Waals surface area contributed by atoms with Crippen molar-refractivity contribution in [1.29, 1.82) is 0 Å². The van der Waals surface area contributed by atoms with Crippen molar-refractivity contribution >= 4 is 28.4 Å². The zero-order valence-electron chi connectivity index (χ0n) is 26.5. The van der Waals surface area contributed by atoms with E-state index in [9.17, 15) is 22.8 Å². The largest absolute Gasteiger partial charge is 0.444 e. The van der Waals surface area contributed by atoms with E-state index in [2.05, 4.69) is 10.6 Å². The molecular weight excluding hydrogens is 556 g/mol. The molecule has 0 radical (unpaired) electrons. The quantitative estimate of drug-likeness (QED) is 0.436. The zero-order valence-corrected chi connectivity index (χ0v) is 27.3. The molecular formula is C31H52N4O6S. The zero-order chi connectivity index (χ0) is 31.5. The molecule has 3 aliphatic rings. The Bertz CT molecular complexity index is 1100. The van der Waals surface area contributed by atoms with Gasteiger partial charge in [-0.3, -0.25) is 9.59 Å². The number of sulfonamides is 1. The van der Waals surface area contributed by atoms with Gasteiger partial charge in [0.25, 0.3) is 0 Å². The fourth-order valence-corrected chi connectivity index (χ4v) is 7.21. The molecule has 1 aromatic rings. The third-order valence-corrected chi connectivity index (χ3v) is 9.22. The van der Waals surface area contributed by atoms with Crippen molar-refractivity contribution in [2.24, 2.45) is 5.92 Å². The Balaban J connectivity index is 0.000000396. The number of likely N-dealkylation sites (tertiary alicyclic amines) is 1. The fourth-order valence-electron chi connectivity index (χ4n) is 6.03. The molecule has 10 nitrogen and oxygen atoms in total. The number of fused-ring (bicyclic) bond motifs is 1. The van der Waals surface area contributed by atoms with Gasteiger partial charge < -0.3 is 20.3 Å². The lowest BCUT2D eigenvalue weighted by Gasteiger charge is -2.35. The second kappa shape index (κ2) is 16.3. The SMILES string of the molecule is CC.CC(C)(C)OC(=O)NC(C(=O)N1CCC2C1CCN2S(C)(=O)=O)C1CCCCC1.CC(NC=O)c1ccccc1. The van der Waals surface area contributed by atoms with Crippen LogP contribution in [-0.2, 0) is 24.3 Å². The Morgan fingerprint density at radius 2 is 1.57 bits per heavy atom. The molecule has 2 N–H and O–H groups in total. The van der Waals surface area contributed by atoms with Crippen LogP contribution in [0.2, 0.25) is 0 Å². The summed E-state index contributed by atoms with van der Waals surface area (Å²) >= 11 is 0. The number of benzene rings is 1. The predicted octanol–water partition coefficient (Wildman–Crippen LogP) is 4.61. The standard InChI is InChI=1S/C20H35N3O5S.C9H11NO.C2H6/c1-20(2,3)28-19(25)21-17(14-8-6-5-7-9-14)18(24)22-12-10-16-15(22)11-13-23(16)29(4,26)27;1-8(10-7-11)9-5-3-2-4-6-9;1-2/h14-17H,5-13H2,1-4H3,(H,21,25);2-8H,1H3,(H,10,11);1-2H3. The molecule has 2 saturated heterocycles. The molecule has 3 amide bonds. The van der Waals surface area contributed by atoms with Crippen LogP contribution in [0.5, 0.6) is 0 Å². The number of nitrogens with zero attached hydrogens (tertiary/aromatic N) is 2. The van der Waals surface area contributed by atoms with Crippen LogP contribution in [0.4, 0.5) is 4.79 Å². The van der Waals surface area contributed by atoms with Crippen LogP contribution in [0.25, 0.3) is 0 Å². The summed E-state index contributed by atoms with van der Waals surface area (Å²) in [5, 5.41) is 5.54. The Hall–Kier alpha value is -2.66. The molecule has 1 aromatic carbocycles. The van der Waals surface area contributed by atoms with Gasteiger partial charge in [0, 0.05) is 25.2 Å². The average Bonchev–Trinajstić information content (AvgIpc) is 3.55. The molecule has 2 aliphatic heterocycles. The van der Waals surface area contributed by atoms with Crippen LogP contribution in [0.15, 0.2) is 30.3 Å². The lowest BCUT2D eigenvalue weighted by Crippen LogP contribution is -2.55. The number of carbonyl (C=O) groups excluding carboxylic acids is 3. The monoisotopic (exact) mass is 608 g/mol. The summed E-state index contributed by atoms with van der Waals surface area (Å²) in [6.45, 7) is 12.3. The molecule has 4 unspecified atom stereocenters. The highest BCUT2D eigenvalue weighted by Gasteiger charge is 2.49. The summed E-state index contributed by atoms with van der Waals surface area (Å²) in [6, 6.07) is 9.08. The van der Waals surface area contributed by atoms with Crippen LogP contribution >= 0.6 is 0 Å². The highest BCUT2D eigenvalue weighted by molar-refractivity contribution is 7.88. The number of hydrogen-bond acceptors (Lipinski definition) is 6. The molecule has 1 saturated carbocycles. The smallest absolute Gasteiger partial charge is 0.408 e. The number of amides is 3. The number of nitrogens with one attached hydrogen (secondary N) is 2. The third-order valence-electron chi connectivity index (χ3n) is 7.91. The summed E-state index contributed by atoms with van der Waals surface area (Å²) in [6.07, 6.45) is 7.75. The Morgan fingerprint density at radius 1 is 0.976 bits per heavy atom. The van der Waals surface area contributed by atoms with E-state index in [4.69, 9.17) is 4.74 Å². The number of rotatable bonds is 7. The summed E-state index contributed by atoms with van der Waals surface area (Å²) in [5.74, 6) is 0.000780. The minimum absolute atomic E-state index is 0.0920. The first-order valence-corrected chi connectivity index (χ1v) is 17.2. The van der Waals surface area contributed by atoms with Gasteiger partial charge in [-0.05, 0) is 64.9 Å². The van der Waals surface area contributed by atoms with Crippen molar-refractivity contribution in [3.05, 3.63) is 35.9 Å². The minimum atomic E-state index is -3.28. The first kappa shape index (κ1) is 35.5. The van der Waals surface area contributed by atoms with Gasteiger partial charge in [-0.15, -0.1) is 0 Å². The topological polar surface area (TPSA) is 125 Å². The van der Waals surface area contributed by atoms with Gasteiger partial charge in [-0.25, -0.2) is 13.2 Å². The lowest BCUT2D eigenvalue weighted by molar-refractivity contribution is -0.136. The molecule has 0 aromatic heterocycles. The lowest BCUT2D eigenvalue weighted by atomic mass is 9.83. The van der Waals surface area contributed by atoms with Gasteiger partial charge >= 0.3 is 6.09 Å². The normalized spacial score (nSPS) is 22.3. The number of alkyl carbamates (subject to hydrolysis) is 1. The first-order chi connectivity index (χ1) is 19.8. The van der Waals surface area contributed by atoms with E-state index in [0.717, 1.165) is 44.1 Å². The summed E-state index contributed by atoms with van der Waals surface area (Å²) in [4.78, 5) is 37.9. The highest BCUT2D eigenvalue weighted by Crippen LogP contribution is 2.35. The fraction of sp³-hybridized carbons (Fsp3) is 0.710. The molecule has 42 heavy (non-hydrogen) atoms. The first-order valence-electron chi connectivity index (χ1n) is 15.3. The summed E-state index contributed by atoms with van der Waals surface area (Å²) in [7, 11) is -3.28. The van der Waals surface area contributed by atoms with Crippen LogP contribution in [0, 0.1) is 5.92 Å². The van der Waals surface area contributed by atoms with Gasteiger partial charge in [0.2, 0.25) is 22.3 Å². The van der Waals surface area contributed by atoms with E-state index >= 15 is 0 Å². The minimum Gasteiger partial charge on any atom is -0.444 e. The number of hydrogen-bond donors (Lipinski definition) is 2. The van der Waals surface area contributed by atoms with Gasteiger partial charge in [0.05, 0.1) is 12.3 Å². The van der Waals surface area contributed by atoms with Crippen LogP contribution in [0.1, 0.15) is 98.1 Å². The van der Waals surface area contributed by atoms with Gasteiger partial charge in [0.15, 0.2) is 0 Å². The van der Waals surface area contributed by atoms with E-state index in [1.165, 1.54) is 10.6 Å². The van der Waals surface area contributed by atoms with Gasteiger partial charge in [0.1, 0.15) is 11.6 Å². The molecule has 3 fully saturated rings. The molecule has 0 bridgehead atoms. The van der Waals surface area contributed by atoms with E-state index in [1.54, 1.807) is 20.8 Å². The highest BCUT2D eigenvalue weighted by atomic mass is 32.2. The van der Waals surface area contributed by atoms with Crippen LogP contribution in [-0.4, -0.2) is 79.1 Å². The number of carbonyl (C=O) groups is 3.